The van der Waals surface area contributed by atoms with Gasteiger partial charge in [-0.1, -0.05) is 19.1 Å². The molecule has 0 saturated heterocycles. The van der Waals surface area contributed by atoms with Gasteiger partial charge >= 0.3 is 6.36 Å². The number of para-hydroxylation sites is 2. The number of nitrogens with one attached hydrogen (secondary N) is 1. The third kappa shape index (κ3) is 4.90. The summed E-state index contributed by atoms with van der Waals surface area (Å²) in [7, 11) is 1.80. The molecule has 0 saturated carbocycles. The van der Waals surface area contributed by atoms with Crippen molar-refractivity contribution in [2.45, 2.75) is 26.3 Å². The van der Waals surface area contributed by atoms with Gasteiger partial charge in [-0.2, -0.15) is 5.10 Å². The molecule has 0 fully saturated rings. The molecule has 1 heterocycles. The third-order valence-corrected chi connectivity index (χ3v) is 3.12. The van der Waals surface area contributed by atoms with Crippen molar-refractivity contribution in [1.29, 1.82) is 0 Å². The molecule has 0 atom stereocenters. The molecule has 2 rings (SSSR count). The first-order chi connectivity index (χ1) is 11.3. The van der Waals surface area contributed by atoms with E-state index in [-0.39, 0.29) is 23.9 Å². The molecule has 0 aliphatic carbocycles. The molecular formula is C15H18F3N5O. The minimum atomic E-state index is -4.78. The van der Waals surface area contributed by atoms with Gasteiger partial charge in [0.25, 0.3) is 0 Å². The molecule has 3 N–H and O–H groups in total. The maximum absolute atomic E-state index is 12.4. The SMILES string of the molecule is CCc1nn(C)cc1CN=C(N)Nc1ccccc1OC(F)(F)F. The summed E-state index contributed by atoms with van der Waals surface area (Å²) in [4.78, 5) is 4.14. The zero-order valence-electron chi connectivity index (χ0n) is 13.3. The highest BCUT2D eigenvalue weighted by Crippen LogP contribution is 2.29. The fourth-order valence-corrected chi connectivity index (χ4v) is 2.14. The number of benzene rings is 1. The maximum Gasteiger partial charge on any atom is 0.573 e. The van der Waals surface area contributed by atoms with Gasteiger partial charge in [0.15, 0.2) is 11.7 Å². The van der Waals surface area contributed by atoms with E-state index in [1.54, 1.807) is 17.8 Å². The Morgan fingerprint density at radius 3 is 2.75 bits per heavy atom. The number of nitrogens with two attached hydrogens (primary N) is 1. The first kappa shape index (κ1) is 17.6. The monoisotopic (exact) mass is 341 g/mol. The van der Waals surface area contributed by atoms with Gasteiger partial charge in [0.2, 0.25) is 0 Å². The van der Waals surface area contributed by atoms with Crippen LogP contribution in [-0.2, 0) is 20.0 Å². The lowest BCUT2D eigenvalue weighted by molar-refractivity contribution is -0.274. The summed E-state index contributed by atoms with van der Waals surface area (Å²) >= 11 is 0. The lowest BCUT2D eigenvalue weighted by atomic mass is 10.2. The van der Waals surface area contributed by atoms with Crippen LogP contribution in [0.2, 0.25) is 0 Å². The number of ether oxygens (including phenoxy) is 1. The second kappa shape index (κ2) is 7.24. The van der Waals surface area contributed by atoms with Crippen LogP contribution < -0.4 is 15.8 Å². The predicted octanol–water partition coefficient (Wildman–Crippen LogP) is 2.81. The largest absolute Gasteiger partial charge is 0.573 e. The number of aliphatic imine (C=N–C) groups is 1. The van der Waals surface area contributed by atoms with Crippen LogP contribution in [0.4, 0.5) is 18.9 Å². The van der Waals surface area contributed by atoms with Crippen LogP contribution in [0.5, 0.6) is 5.75 Å². The van der Waals surface area contributed by atoms with Gasteiger partial charge in [-0.05, 0) is 18.6 Å². The summed E-state index contributed by atoms with van der Waals surface area (Å²) in [5, 5.41) is 6.91. The Bertz CT molecular complexity index is 724. The smallest absolute Gasteiger partial charge is 0.404 e. The summed E-state index contributed by atoms with van der Waals surface area (Å²) < 4.78 is 42.8. The first-order valence-electron chi connectivity index (χ1n) is 7.21. The molecule has 2 aromatic rings. The van der Waals surface area contributed by atoms with Crippen molar-refractivity contribution in [3.05, 3.63) is 41.7 Å². The third-order valence-electron chi connectivity index (χ3n) is 3.12. The second-order valence-corrected chi connectivity index (χ2v) is 5.00. The number of guanidine groups is 1. The van der Waals surface area contributed by atoms with E-state index in [4.69, 9.17) is 5.73 Å². The van der Waals surface area contributed by atoms with Gasteiger partial charge in [-0.3, -0.25) is 4.68 Å². The first-order valence-corrected chi connectivity index (χ1v) is 7.21. The van der Waals surface area contributed by atoms with Crippen LogP contribution in [0.15, 0.2) is 35.5 Å². The molecule has 1 aromatic heterocycles. The van der Waals surface area contributed by atoms with Crippen molar-refractivity contribution in [2.24, 2.45) is 17.8 Å². The topological polar surface area (TPSA) is 77.5 Å². The molecule has 9 heteroatoms. The molecule has 0 bridgehead atoms. The van der Waals surface area contributed by atoms with E-state index in [0.717, 1.165) is 17.7 Å². The van der Waals surface area contributed by atoms with Crippen LogP contribution >= 0.6 is 0 Å². The van der Waals surface area contributed by atoms with Gasteiger partial charge < -0.3 is 15.8 Å². The number of anilines is 1. The number of hydrogen-bond donors (Lipinski definition) is 2. The molecule has 0 aliphatic rings. The Labute approximate surface area is 137 Å². The summed E-state index contributed by atoms with van der Waals surface area (Å²) in [6, 6.07) is 5.61. The van der Waals surface area contributed by atoms with E-state index in [0.29, 0.717) is 0 Å². The number of alkyl halides is 3. The molecule has 0 amide bonds. The number of aromatic nitrogens is 2. The quantitative estimate of drug-likeness (QED) is 0.648. The van der Waals surface area contributed by atoms with Crippen molar-refractivity contribution in [1.82, 2.24) is 9.78 Å². The van der Waals surface area contributed by atoms with Gasteiger partial charge in [-0.15, -0.1) is 13.2 Å². The van der Waals surface area contributed by atoms with Crippen LogP contribution in [0.1, 0.15) is 18.2 Å². The lowest BCUT2D eigenvalue weighted by Crippen LogP contribution is -2.24. The van der Waals surface area contributed by atoms with Crippen molar-refractivity contribution in [3.63, 3.8) is 0 Å². The van der Waals surface area contributed by atoms with Crippen molar-refractivity contribution >= 4 is 11.6 Å². The Hall–Kier alpha value is -2.71. The highest BCUT2D eigenvalue weighted by molar-refractivity contribution is 5.93. The Morgan fingerprint density at radius 1 is 1.38 bits per heavy atom. The van der Waals surface area contributed by atoms with Crippen molar-refractivity contribution in [3.8, 4) is 5.75 Å². The average molecular weight is 341 g/mol. The second-order valence-electron chi connectivity index (χ2n) is 5.00. The van der Waals surface area contributed by atoms with Crippen LogP contribution in [-0.4, -0.2) is 22.1 Å². The van der Waals surface area contributed by atoms with Gasteiger partial charge in [-0.25, -0.2) is 4.99 Å². The summed E-state index contributed by atoms with van der Waals surface area (Å²) in [5.74, 6) is -0.391. The molecule has 24 heavy (non-hydrogen) atoms. The summed E-state index contributed by atoms with van der Waals surface area (Å²) in [5.41, 5.74) is 7.65. The lowest BCUT2D eigenvalue weighted by Gasteiger charge is -2.14. The highest BCUT2D eigenvalue weighted by Gasteiger charge is 2.32. The van der Waals surface area contributed by atoms with E-state index in [2.05, 4.69) is 20.1 Å². The molecule has 1 aromatic carbocycles. The standard InChI is InChI=1S/C15H18F3N5O/c1-3-11-10(9-23(2)22-11)8-20-14(19)21-12-6-4-5-7-13(12)24-15(16,17)18/h4-7,9H,3,8H2,1-2H3,(H3,19,20,21). The highest BCUT2D eigenvalue weighted by atomic mass is 19.4. The number of hydrogen-bond acceptors (Lipinski definition) is 3. The molecule has 0 radical (unpaired) electrons. The van der Waals surface area contributed by atoms with Crippen molar-refractivity contribution in [2.75, 3.05) is 5.32 Å². The van der Waals surface area contributed by atoms with Gasteiger partial charge in [0.1, 0.15) is 0 Å². The Morgan fingerprint density at radius 2 is 2.08 bits per heavy atom. The Kier molecular flexibility index (Phi) is 5.32. The summed E-state index contributed by atoms with van der Waals surface area (Å²) in [6.07, 6.45) is -2.20. The Balaban J connectivity index is 2.10. The van der Waals surface area contributed by atoms with E-state index in [9.17, 15) is 13.2 Å². The van der Waals surface area contributed by atoms with Gasteiger partial charge in [0, 0.05) is 18.8 Å². The zero-order valence-corrected chi connectivity index (χ0v) is 13.3. The molecule has 0 unspecified atom stereocenters. The van der Waals surface area contributed by atoms with Crippen LogP contribution in [0.3, 0.4) is 0 Å². The molecule has 6 nitrogen and oxygen atoms in total. The maximum atomic E-state index is 12.4. The van der Waals surface area contributed by atoms with E-state index in [1.807, 2.05) is 13.1 Å². The number of nitrogens with zero attached hydrogens (tertiary/aromatic N) is 3. The minimum Gasteiger partial charge on any atom is -0.404 e. The van der Waals surface area contributed by atoms with Crippen molar-refractivity contribution < 1.29 is 17.9 Å². The van der Waals surface area contributed by atoms with Crippen LogP contribution in [0.25, 0.3) is 0 Å². The molecule has 0 aliphatic heterocycles. The molecule has 0 spiro atoms. The van der Waals surface area contributed by atoms with Gasteiger partial charge in [0.05, 0.1) is 17.9 Å². The fourth-order valence-electron chi connectivity index (χ4n) is 2.14. The number of rotatable bonds is 5. The molecular weight excluding hydrogens is 323 g/mol. The normalized spacial score (nSPS) is 12.3. The number of halogens is 3. The minimum absolute atomic E-state index is 0.0147. The zero-order chi connectivity index (χ0) is 17.7. The van der Waals surface area contributed by atoms with E-state index >= 15 is 0 Å². The van der Waals surface area contributed by atoms with E-state index in [1.165, 1.54) is 18.2 Å². The fraction of sp³-hybridized carbons (Fsp3) is 0.333. The summed E-state index contributed by atoms with van der Waals surface area (Å²) in [6.45, 7) is 2.25. The van der Waals surface area contributed by atoms with Crippen LogP contribution in [0, 0.1) is 0 Å². The number of aryl methyl sites for hydroxylation is 2. The molecule has 130 valence electrons. The predicted molar refractivity (Wildman–Crippen MR) is 84.7 cm³/mol. The average Bonchev–Trinajstić information content (AvgIpc) is 2.86. The van der Waals surface area contributed by atoms with E-state index < -0.39 is 6.36 Å².